The van der Waals surface area contributed by atoms with Gasteiger partial charge >= 0.3 is 0 Å². The number of benzene rings is 1. The quantitative estimate of drug-likeness (QED) is 0.380. The van der Waals surface area contributed by atoms with Crippen molar-refractivity contribution in [3.05, 3.63) is 84.6 Å². The average Bonchev–Trinajstić information content (AvgIpc) is 3.60. The highest BCUT2D eigenvalue weighted by Gasteiger charge is 2.23. The molecule has 5 aromatic rings. The van der Waals surface area contributed by atoms with E-state index in [2.05, 4.69) is 21.2 Å². The summed E-state index contributed by atoms with van der Waals surface area (Å²) in [5.41, 5.74) is 5.50. The highest BCUT2D eigenvalue weighted by Crippen LogP contribution is 2.32. The Hall–Kier alpha value is -5.17. The van der Waals surface area contributed by atoms with Crippen LogP contribution in [0.2, 0.25) is 0 Å². The fraction of sp³-hybridized carbons (Fsp3) is 0.207. The molecule has 1 amide bonds. The number of aromatic hydroxyl groups is 1. The molecule has 10 nitrogen and oxygen atoms in total. The number of amides is 1. The molecule has 10 heteroatoms. The van der Waals surface area contributed by atoms with Crippen LogP contribution < -0.4 is 4.90 Å². The summed E-state index contributed by atoms with van der Waals surface area (Å²) in [6.45, 7) is 2.51. The van der Waals surface area contributed by atoms with E-state index >= 15 is 0 Å². The van der Waals surface area contributed by atoms with Gasteiger partial charge in [-0.2, -0.15) is 15.5 Å². The fourth-order valence-electron chi connectivity index (χ4n) is 5.00. The lowest BCUT2D eigenvalue weighted by molar-refractivity contribution is -0.130. The van der Waals surface area contributed by atoms with Crippen molar-refractivity contribution >= 4 is 17.2 Å². The number of nitrogens with zero attached hydrogens (tertiary/aromatic N) is 8. The second-order valence-electron chi connectivity index (χ2n) is 9.59. The summed E-state index contributed by atoms with van der Waals surface area (Å²) in [6.07, 6.45) is 9.22. The summed E-state index contributed by atoms with van der Waals surface area (Å²) in [5, 5.41) is 28.4. The van der Waals surface area contributed by atoms with E-state index in [1.165, 1.54) is 0 Å². The van der Waals surface area contributed by atoms with Crippen LogP contribution in [0.15, 0.2) is 73.4 Å². The first-order valence-electron chi connectivity index (χ1n) is 12.7. The Bertz CT molecular complexity index is 1710. The molecule has 0 bridgehead atoms. The molecule has 5 heterocycles. The number of rotatable bonds is 5. The average molecular weight is 519 g/mol. The van der Waals surface area contributed by atoms with Crippen LogP contribution in [-0.2, 0) is 18.3 Å². The largest absolute Gasteiger partial charge is 0.508 e. The van der Waals surface area contributed by atoms with Crippen molar-refractivity contribution in [1.29, 1.82) is 5.26 Å². The summed E-state index contributed by atoms with van der Waals surface area (Å²) in [6, 6.07) is 15.2. The number of hydrogen-bond donors (Lipinski definition) is 1. The molecular weight excluding hydrogens is 492 g/mol. The van der Waals surface area contributed by atoms with Crippen molar-refractivity contribution in [2.45, 2.75) is 6.42 Å². The smallest absolute Gasteiger partial charge is 0.227 e. The first-order valence-corrected chi connectivity index (χ1v) is 12.7. The molecule has 4 aromatic heterocycles. The third-order valence-corrected chi connectivity index (χ3v) is 7.12. The number of phenols is 1. The Morgan fingerprint density at radius 1 is 0.974 bits per heavy atom. The number of fused-ring (bicyclic) bond motifs is 1. The summed E-state index contributed by atoms with van der Waals surface area (Å²) in [5.74, 6) is 0.987. The molecule has 0 radical (unpaired) electrons. The number of anilines is 1. The predicted molar refractivity (Wildman–Crippen MR) is 146 cm³/mol. The van der Waals surface area contributed by atoms with Gasteiger partial charge in [0, 0.05) is 79.6 Å². The maximum absolute atomic E-state index is 12.8. The van der Waals surface area contributed by atoms with Crippen molar-refractivity contribution in [2.75, 3.05) is 31.1 Å². The second-order valence-corrected chi connectivity index (χ2v) is 9.59. The lowest BCUT2D eigenvalue weighted by atomic mass is 10.0. The number of pyridine rings is 2. The zero-order valence-corrected chi connectivity index (χ0v) is 21.4. The van der Waals surface area contributed by atoms with Gasteiger partial charge in [0.1, 0.15) is 17.6 Å². The van der Waals surface area contributed by atoms with E-state index in [1.54, 1.807) is 39.8 Å². The van der Waals surface area contributed by atoms with Crippen LogP contribution >= 0.6 is 0 Å². The van der Waals surface area contributed by atoms with E-state index in [0.717, 1.165) is 33.6 Å². The number of piperazine rings is 1. The second kappa shape index (κ2) is 9.95. The third-order valence-electron chi connectivity index (χ3n) is 7.12. The molecule has 1 N–H and O–H groups in total. The van der Waals surface area contributed by atoms with Crippen molar-refractivity contribution < 1.29 is 9.90 Å². The number of carbonyl (C=O) groups is 1. The van der Waals surface area contributed by atoms with E-state index in [0.29, 0.717) is 37.3 Å². The first-order chi connectivity index (χ1) is 19.0. The molecule has 1 saturated heterocycles. The maximum Gasteiger partial charge on any atom is 0.227 e. The molecule has 0 spiro atoms. The first kappa shape index (κ1) is 24.2. The van der Waals surface area contributed by atoms with Gasteiger partial charge in [0.05, 0.1) is 29.9 Å². The summed E-state index contributed by atoms with van der Waals surface area (Å²) >= 11 is 0. The molecule has 6 rings (SSSR count). The number of carbonyl (C=O) groups excluding carboxylic acids is 1. The molecule has 0 saturated carbocycles. The lowest BCUT2D eigenvalue weighted by Gasteiger charge is -2.35. The molecule has 194 valence electrons. The van der Waals surface area contributed by atoms with Gasteiger partial charge in [0.15, 0.2) is 0 Å². The minimum atomic E-state index is 0.00563. The SMILES string of the molecule is Cn1cc(-c2cc(-c3ccc(N4CCN(C(=O)Cc5ccccc5O)CC4)nc3)c3c(C#N)cnn3c2)cn1. The highest BCUT2D eigenvalue weighted by atomic mass is 16.3. The summed E-state index contributed by atoms with van der Waals surface area (Å²) < 4.78 is 3.48. The van der Waals surface area contributed by atoms with Crippen LogP contribution in [0, 0.1) is 11.3 Å². The van der Waals surface area contributed by atoms with Gasteiger partial charge < -0.3 is 14.9 Å². The number of hydrogen-bond acceptors (Lipinski definition) is 7. The lowest BCUT2D eigenvalue weighted by Crippen LogP contribution is -2.49. The number of aromatic nitrogens is 5. The van der Waals surface area contributed by atoms with E-state index in [4.69, 9.17) is 4.98 Å². The molecule has 1 aliphatic rings. The zero-order valence-electron chi connectivity index (χ0n) is 21.4. The van der Waals surface area contributed by atoms with Gasteiger partial charge in [-0.25, -0.2) is 9.50 Å². The van der Waals surface area contributed by atoms with Crippen LogP contribution in [0.5, 0.6) is 5.75 Å². The van der Waals surface area contributed by atoms with Gasteiger partial charge in [-0.3, -0.25) is 9.48 Å². The van der Waals surface area contributed by atoms with Crippen LogP contribution in [0.25, 0.3) is 27.8 Å². The van der Waals surface area contributed by atoms with E-state index in [1.807, 2.05) is 54.8 Å². The van der Waals surface area contributed by atoms with Crippen molar-refractivity contribution in [1.82, 2.24) is 29.3 Å². The number of aryl methyl sites for hydroxylation is 1. The standard InChI is InChI=1S/C29H26N8O2/c1-34-18-24(17-32-34)22-12-25(29-23(14-30)16-33-37(29)19-22)21-6-7-27(31-15-21)35-8-10-36(11-9-35)28(39)13-20-4-2-3-5-26(20)38/h2-7,12,15-19,38H,8-11,13H2,1H3. The van der Waals surface area contributed by atoms with Crippen LogP contribution in [0.4, 0.5) is 5.82 Å². The molecule has 0 unspecified atom stereocenters. The minimum absolute atomic E-state index is 0.00563. The third kappa shape index (κ3) is 4.66. The normalized spacial score (nSPS) is 13.5. The topological polar surface area (TPSA) is 116 Å². The van der Waals surface area contributed by atoms with Gasteiger partial charge in [0.25, 0.3) is 0 Å². The molecule has 0 aliphatic carbocycles. The number of phenolic OH excluding ortho intramolecular Hbond substituents is 1. The van der Waals surface area contributed by atoms with Gasteiger partial charge in [-0.1, -0.05) is 18.2 Å². The van der Waals surface area contributed by atoms with E-state index < -0.39 is 0 Å². The van der Waals surface area contributed by atoms with Gasteiger partial charge in [0.2, 0.25) is 5.91 Å². The van der Waals surface area contributed by atoms with Crippen molar-refractivity contribution in [3.63, 3.8) is 0 Å². The molecule has 0 atom stereocenters. The zero-order chi connectivity index (χ0) is 26.9. The van der Waals surface area contributed by atoms with Crippen molar-refractivity contribution in [3.8, 4) is 34.1 Å². The fourth-order valence-corrected chi connectivity index (χ4v) is 5.00. The van der Waals surface area contributed by atoms with Crippen LogP contribution in [0.3, 0.4) is 0 Å². The summed E-state index contributed by atoms with van der Waals surface area (Å²) in [7, 11) is 1.87. The van der Waals surface area contributed by atoms with Gasteiger partial charge in [-0.15, -0.1) is 0 Å². The Balaban J connectivity index is 1.21. The van der Waals surface area contributed by atoms with Crippen LogP contribution in [-0.4, -0.2) is 66.5 Å². The molecule has 1 aromatic carbocycles. The minimum Gasteiger partial charge on any atom is -0.508 e. The Morgan fingerprint density at radius 2 is 1.79 bits per heavy atom. The Labute approximate surface area is 225 Å². The number of para-hydroxylation sites is 1. The molecule has 1 fully saturated rings. The summed E-state index contributed by atoms with van der Waals surface area (Å²) in [4.78, 5) is 21.5. The molecular formula is C29H26N8O2. The van der Waals surface area contributed by atoms with E-state index in [-0.39, 0.29) is 18.1 Å². The molecule has 39 heavy (non-hydrogen) atoms. The number of nitriles is 1. The van der Waals surface area contributed by atoms with Crippen LogP contribution in [0.1, 0.15) is 11.1 Å². The maximum atomic E-state index is 12.8. The van der Waals surface area contributed by atoms with Crippen molar-refractivity contribution in [2.24, 2.45) is 7.05 Å². The molecule has 1 aliphatic heterocycles. The Kier molecular flexibility index (Phi) is 6.17. The van der Waals surface area contributed by atoms with Gasteiger partial charge in [-0.05, 0) is 24.3 Å². The highest BCUT2D eigenvalue weighted by molar-refractivity contribution is 5.87. The predicted octanol–water partition coefficient (Wildman–Crippen LogP) is 3.27. The Morgan fingerprint density at radius 3 is 2.49 bits per heavy atom. The van der Waals surface area contributed by atoms with E-state index in [9.17, 15) is 15.2 Å². The monoisotopic (exact) mass is 518 g/mol.